The van der Waals surface area contributed by atoms with Crippen LogP contribution in [0.4, 0.5) is 0 Å². The normalized spacial score (nSPS) is 10.2. The average Bonchev–Trinajstić information content (AvgIpc) is 2.81. The quantitative estimate of drug-likeness (QED) is 0.402. The van der Waals surface area contributed by atoms with Gasteiger partial charge in [-0.1, -0.05) is 24.3 Å². The first-order chi connectivity index (χ1) is 15.0. The van der Waals surface area contributed by atoms with Crippen molar-refractivity contribution in [1.82, 2.24) is 9.55 Å². The van der Waals surface area contributed by atoms with E-state index in [9.17, 15) is 24.0 Å². The van der Waals surface area contributed by atoms with E-state index in [0.717, 1.165) is 5.52 Å². The molecule has 0 atom stereocenters. The number of rotatable bonds is 4. The summed E-state index contributed by atoms with van der Waals surface area (Å²) in [5, 5.41) is 0.957. The highest BCUT2D eigenvalue weighted by Gasteiger charge is 2.10. The maximum absolute atomic E-state index is 11.9. The molecule has 31 heavy (non-hydrogen) atoms. The third-order valence-electron chi connectivity index (χ3n) is 4.61. The van der Waals surface area contributed by atoms with Crippen LogP contribution in [0, 0.1) is 0 Å². The van der Waals surface area contributed by atoms with Gasteiger partial charge >= 0.3 is 5.97 Å². The molecule has 2 aromatic heterocycles. The van der Waals surface area contributed by atoms with Crippen molar-refractivity contribution in [2.24, 2.45) is 0 Å². The second kappa shape index (κ2) is 9.45. The minimum absolute atomic E-state index is 0.0256. The Balaban J connectivity index is 0.000000185. The van der Waals surface area contributed by atoms with Crippen LogP contribution in [0.1, 0.15) is 20.7 Å². The summed E-state index contributed by atoms with van der Waals surface area (Å²) >= 11 is 0. The molecule has 0 radical (unpaired) electrons. The monoisotopic (exact) mass is 418 g/mol. The minimum atomic E-state index is -0.444. The van der Waals surface area contributed by atoms with Gasteiger partial charge in [0.05, 0.1) is 23.8 Å². The first-order valence-corrected chi connectivity index (χ1v) is 9.20. The summed E-state index contributed by atoms with van der Waals surface area (Å²) < 4.78 is 6.11. The Bertz CT molecular complexity index is 1400. The van der Waals surface area contributed by atoms with Gasteiger partial charge in [0.15, 0.2) is 23.4 Å². The van der Waals surface area contributed by atoms with Crippen LogP contribution < -0.4 is 10.9 Å². The van der Waals surface area contributed by atoms with Crippen LogP contribution in [0.15, 0.2) is 70.5 Å². The second-order valence-corrected chi connectivity index (χ2v) is 6.49. The molecular formula is C23H18N2O6. The molecule has 0 spiro atoms. The van der Waals surface area contributed by atoms with Gasteiger partial charge in [0, 0.05) is 28.7 Å². The first-order valence-electron chi connectivity index (χ1n) is 9.20. The van der Waals surface area contributed by atoms with Gasteiger partial charge in [-0.15, -0.1) is 0 Å². The lowest BCUT2D eigenvalue weighted by molar-refractivity contribution is -0.141. The fraction of sp³-hybridized carbons (Fsp3) is 0.0870. The van der Waals surface area contributed by atoms with Crippen LogP contribution in [0.3, 0.4) is 0 Å². The van der Waals surface area contributed by atoms with Crippen molar-refractivity contribution >= 4 is 40.3 Å². The first kappa shape index (κ1) is 21.4. The third kappa shape index (κ3) is 4.48. The van der Waals surface area contributed by atoms with E-state index in [0.29, 0.717) is 28.9 Å². The number of hydrogen-bond acceptors (Lipinski definition) is 6. The highest BCUT2D eigenvalue weighted by molar-refractivity contribution is 5.87. The number of aldehydes is 2. The highest BCUT2D eigenvalue weighted by atomic mass is 16.5. The van der Waals surface area contributed by atoms with Gasteiger partial charge in [0.25, 0.3) is 0 Å². The van der Waals surface area contributed by atoms with Crippen molar-refractivity contribution in [3.05, 3.63) is 92.5 Å². The number of carbonyl (C=O) groups is 3. The highest BCUT2D eigenvalue weighted by Crippen LogP contribution is 2.11. The zero-order valence-corrected chi connectivity index (χ0v) is 16.5. The average molecular weight is 418 g/mol. The molecule has 0 bridgehead atoms. The molecule has 0 aliphatic heterocycles. The van der Waals surface area contributed by atoms with E-state index in [1.165, 1.54) is 24.1 Å². The summed E-state index contributed by atoms with van der Waals surface area (Å²) in [6, 6.07) is 13.9. The van der Waals surface area contributed by atoms with Crippen molar-refractivity contribution in [2.45, 2.75) is 6.54 Å². The molecule has 8 heteroatoms. The number of fused-ring (bicyclic) bond motifs is 2. The molecule has 8 nitrogen and oxygen atoms in total. The Morgan fingerprint density at radius 1 is 0.935 bits per heavy atom. The Labute approximate surface area is 175 Å². The van der Waals surface area contributed by atoms with Crippen LogP contribution >= 0.6 is 0 Å². The summed E-state index contributed by atoms with van der Waals surface area (Å²) in [7, 11) is 1.29. The molecule has 4 aromatic rings. The Kier molecular flexibility index (Phi) is 6.51. The van der Waals surface area contributed by atoms with Crippen LogP contribution in [-0.2, 0) is 16.1 Å². The standard InChI is InChI=1S/C13H11NO4.C10H7NO2/c1-18-12(16)7-14-6-9(8-15)13(17)10-4-2-3-5-11(10)14;12-6-7-5-11-9-4-2-1-3-8(9)10(7)13/h2-6,8H,7H2,1H3;1-6H,(H,11,13). The van der Waals surface area contributed by atoms with Crippen LogP contribution in [0.2, 0.25) is 0 Å². The molecule has 0 amide bonds. The Hall–Kier alpha value is -4.33. The largest absolute Gasteiger partial charge is 0.468 e. The Morgan fingerprint density at radius 3 is 2.23 bits per heavy atom. The van der Waals surface area contributed by atoms with Gasteiger partial charge in [-0.3, -0.25) is 24.0 Å². The number of hydrogen-bond donors (Lipinski definition) is 1. The zero-order chi connectivity index (χ0) is 22.4. The lowest BCUT2D eigenvalue weighted by Crippen LogP contribution is -2.18. The molecule has 2 heterocycles. The van der Waals surface area contributed by atoms with Crippen molar-refractivity contribution in [2.75, 3.05) is 7.11 Å². The number of nitrogens with zero attached hydrogens (tertiary/aromatic N) is 1. The minimum Gasteiger partial charge on any atom is -0.468 e. The van der Waals surface area contributed by atoms with Gasteiger partial charge in [-0.05, 0) is 24.3 Å². The van der Waals surface area contributed by atoms with Crippen molar-refractivity contribution in [3.63, 3.8) is 0 Å². The number of nitrogens with one attached hydrogen (secondary N) is 1. The molecule has 2 aromatic carbocycles. The summed E-state index contributed by atoms with van der Waals surface area (Å²) in [6.45, 7) is -0.0435. The number of ether oxygens (including phenoxy) is 1. The molecule has 4 rings (SSSR count). The van der Waals surface area contributed by atoms with E-state index in [2.05, 4.69) is 9.72 Å². The van der Waals surface area contributed by atoms with Crippen LogP contribution in [-0.4, -0.2) is 35.2 Å². The molecule has 1 N–H and O–H groups in total. The van der Waals surface area contributed by atoms with Crippen molar-refractivity contribution in [1.29, 1.82) is 0 Å². The van der Waals surface area contributed by atoms with E-state index in [4.69, 9.17) is 0 Å². The second-order valence-electron chi connectivity index (χ2n) is 6.49. The predicted molar refractivity (Wildman–Crippen MR) is 116 cm³/mol. The fourth-order valence-electron chi connectivity index (χ4n) is 3.06. The third-order valence-corrected chi connectivity index (χ3v) is 4.61. The molecule has 0 fully saturated rings. The van der Waals surface area contributed by atoms with Gasteiger partial charge < -0.3 is 14.3 Å². The molecule has 0 saturated carbocycles. The SMILES string of the molecule is COC(=O)Cn1cc(C=O)c(=O)c2ccccc21.O=Cc1c[nH]c2ccccc2c1=O. The summed E-state index contributed by atoms with van der Waals surface area (Å²) in [5.74, 6) is -0.444. The smallest absolute Gasteiger partial charge is 0.325 e. The topological polar surface area (TPSA) is 115 Å². The van der Waals surface area contributed by atoms with Crippen molar-refractivity contribution in [3.8, 4) is 0 Å². The number of esters is 1. The van der Waals surface area contributed by atoms with Gasteiger partial charge in [-0.25, -0.2) is 0 Å². The fourth-order valence-corrected chi connectivity index (χ4v) is 3.06. The van der Waals surface area contributed by atoms with Crippen LogP contribution in [0.25, 0.3) is 21.8 Å². The molecule has 0 saturated heterocycles. The molecular weight excluding hydrogens is 400 g/mol. The number of aromatic nitrogens is 2. The maximum atomic E-state index is 11.9. The van der Waals surface area contributed by atoms with E-state index in [1.54, 1.807) is 42.5 Å². The maximum Gasteiger partial charge on any atom is 0.325 e. The summed E-state index contributed by atoms with van der Waals surface area (Å²) in [5.41, 5.74) is 0.985. The lowest BCUT2D eigenvalue weighted by Gasteiger charge is -2.10. The zero-order valence-electron chi connectivity index (χ0n) is 16.5. The van der Waals surface area contributed by atoms with Gasteiger partial charge in [0.2, 0.25) is 0 Å². The number of carbonyl (C=O) groups excluding carboxylic acids is 3. The number of para-hydroxylation sites is 2. The Morgan fingerprint density at radius 2 is 1.55 bits per heavy atom. The van der Waals surface area contributed by atoms with Crippen LogP contribution in [0.5, 0.6) is 0 Å². The van der Waals surface area contributed by atoms with E-state index in [-0.39, 0.29) is 28.5 Å². The summed E-state index contributed by atoms with van der Waals surface area (Å²) in [4.78, 5) is 58.9. The number of H-pyrrole nitrogens is 1. The number of benzene rings is 2. The van der Waals surface area contributed by atoms with E-state index >= 15 is 0 Å². The molecule has 0 unspecified atom stereocenters. The molecule has 156 valence electrons. The number of methoxy groups -OCH3 is 1. The van der Waals surface area contributed by atoms with Gasteiger partial charge in [-0.2, -0.15) is 0 Å². The molecule has 0 aliphatic carbocycles. The van der Waals surface area contributed by atoms with Crippen molar-refractivity contribution < 1.29 is 19.1 Å². The lowest BCUT2D eigenvalue weighted by atomic mass is 10.1. The number of pyridine rings is 2. The van der Waals surface area contributed by atoms with E-state index in [1.807, 2.05) is 6.07 Å². The van der Waals surface area contributed by atoms with E-state index < -0.39 is 5.97 Å². The molecule has 0 aliphatic rings. The number of aromatic amines is 1. The predicted octanol–water partition coefficient (Wildman–Crippen LogP) is 2.33. The van der Waals surface area contributed by atoms with Gasteiger partial charge in [0.1, 0.15) is 6.54 Å². The summed E-state index contributed by atoms with van der Waals surface area (Å²) in [6.07, 6.45) is 3.85.